The Labute approximate surface area is 252 Å². The van der Waals surface area contributed by atoms with E-state index >= 15 is 0 Å². The first kappa shape index (κ1) is 27.9. The normalized spacial score (nSPS) is 22.8. The number of ether oxygens (including phenoxy) is 1. The Morgan fingerprint density at radius 3 is 2.70 bits per heavy atom. The summed E-state index contributed by atoms with van der Waals surface area (Å²) in [5, 5.41) is 11.4. The molecular formula is C33H42N8O2. The van der Waals surface area contributed by atoms with Crippen LogP contribution in [0.5, 0.6) is 5.88 Å². The lowest BCUT2D eigenvalue weighted by atomic mass is 9.97. The Morgan fingerprint density at radius 1 is 1.05 bits per heavy atom. The fourth-order valence-electron chi connectivity index (χ4n) is 6.97. The molecule has 0 radical (unpaired) electrons. The lowest BCUT2D eigenvalue weighted by Crippen LogP contribution is -2.26. The van der Waals surface area contributed by atoms with Crippen molar-refractivity contribution in [2.75, 3.05) is 31.3 Å². The monoisotopic (exact) mass is 582 g/mol. The minimum absolute atomic E-state index is 0.202. The number of fused-ring (bicyclic) bond motifs is 7. The molecule has 2 saturated carbocycles. The van der Waals surface area contributed by atoms with Crippen molar-refractivity contribution in [1.82, 2.24) is 29.2 Å². The number of aromatic nitrogens is 5. The van der Waals surface area contributed by atoms with Gasteiger partial charge in [0.2, 0.25) is 11.8 Å². The maximum absolute atomic E-state index is 13.8. The van der Waals surface area contributed by atoms with E-state index in [-0.39, 0.29) is 5.91 Å². The summed E-state index contributed by atoms with van der Waals surface area (Å²) in [4.78, 5) is 25.8. The van der Waals surface area contributed by atoms with Crippen molar-refractivity contribution < 1.29 is 9.53 Å². The molecule has 10 heteroatoms. The molecule has 2 bridgehead atoms. The number of carbonyl (C=O) groups excluding carboxylic acids is 1. The van der Waals surface area contributed by atoms with Crippen LogP contribution >= 0.6 is 0 Å². The Balaban J connectivity index is 1.24. The molecule has 226 valence electrons. The van der Waals surface area contributed by atoms with Crippen LogP contribution in [0.15, 0.2) is 36.5 Å². The zero-order valence-electron chi connectivity index (χ0n) is 25.6. The molecule has 1 aliphatic heterocycles. The molecular weight excluding hydrogens is 540 g/mol. The lowest BCUT2D eigenvalue weighted by molar-refractivity contribution is 0.102. The first-order valence-corrected chi connectivity index (χ1v) is 15.7. The molecule has 3 aliphatic rings. The molecule has 1 amide bonds. The van der Waals surface area contributed by atoms with Gasteiger partial charge in [-0.25, -0.2) is 9.67 Å². The molecule has 43 heavy (non-hydrogen) atoms. The van der Waals surface area contributed by atoms with Gasteiger partial charge in [0.15, 0.2) is 0 Å². The predicted molar refractivity (Wildman–Crippen MR) is 169 cm³/mol. The highest BCUT2D eigenvalue weighted by Gasteiger charge is 2.33. The molecule has 3 atom stereocenters. The van der Waals surface area contributed by atoms with Crippen molar-refractivity contribution in [2.24, 2.45) is 18.9 Å². The number of benzene rings is 1. The van der Waals surface area contributed by atoms with Crippen molar-refractivity contribution in [2.45, 2.75) is 70.5 Å². The third-order valence-electron chi connectivity index (χ3n) is 9.52. The number of nitrogens with one attached hydrogen (secondary N) is 2. The third kappa shape index (κ3) is 5.72. The standard InChI is InChI=1S/C33H42N8O2/c1-20-14-23-15-28(35-20)27-18-34-40(4)32(27)43-13-5-6-22(21-7-8-21)19-41-30-12-10-25(17-29(30)37-33(41)38-31(23)42)36-24-9-11-26(16-24)39(2)3/h10,12,14-15,17-18,21-22,24,26,36H,5-9,11,13,16,19H2,1-4H3,(H,37,38,42). The van der Waals surface area contributed by atoms with E-state index in [0.717, 1.165) is 60.2 Å². The summed E-state index contributed by atoms with van der Waals surface area (Å²) in [5.41, 5.74) is 5.78. The highest BCUT2D eigenvalue weighted by molar-refractivity contribution is 6.05. The Morgan fingerprint density at radius 2 is 1.91 bits per heavy atom. The molecule has 0 spiro atoms. The zero-order chi connectivity index (χ0) is 29.7. The van der Waals surface area contributed by atoms with E-state index in [1.165, 1.54) is 19.3 Å². The molecule has 7 rings (SSSR count). The molecule has 3 aromatic heterocycles. The van der Waals surface area contributed by atoms with Crippen molar-refractivity contribution in [1.29, 1.82) is 0 Å². The number of carbonyl (C=O) groups is 1. The van der Waals surface area contributed by atoms with Gasteiger partial charge in [-0.1, -0.05) is 0 Å². The molecule has 2 fully saturated rings. The van der Waals surface area contributed by atoms with E-state index in [9.17, 15) is 4.79 Å². The molecule has 2 N–H and O–H groups in total. The van der Waals surface area contributed by atoms with Gasteiger partial charge in [-0.15, -0.1) is 0 Å². The quantitative estimate of drug-likeness (QED) is 0.328. The fraction of sp³-hybridized carbons (Fsp3) is 0.515. The van der Waals surface area contributed by atoms with E-state index in [2.05, 4.69) is 57.5 Å². The summed E-state index contributed by atoms with van der Waals surface area (Å²) in [7, 11) is 6.21. The first-order valence-electron chi connectivity index (χ1n) is 15.7. The minimum Gasteiger partial charge on any atom is -0.477 e. The highest BCUT2D eigenvalue weighted by atomic mass is 16.5. The van der Waals surface area contributed by atoms with Crippen molar-refractivity contribution in [3.8, 4) is 17.1 Å². The van der Waals surface area contributed by atoms with Gasteiger partial charge in [-0.3, -0.25) is 15.1 Å². The summed E-state index contributed by atoms with van der Waals surface area (Å²) in [6, 6.07) is 11.2. The fourth-order valence-corrected chi connectivity index (χ4v) is 6.97. The second kappa shape index (κ2) is 11.3. The molecule has 4 aromatic rings. The van der Waals surface area contributed by atoms with E-state index in [1.54, 1.807) is 10.9 Å². The Kier molecular flexibility index (Phi) is 7.33. The maximum Gasteiger partial charge on any atom is 0.258 e. The van der Waals surface area contributed by atoms with Gasteiger partial charge in [0.05, 0.1) is 35.1 Å². The number of nitrogens with zero attached hydrogens (tertiary/aromatic N) is 6. The second-order valence-electron chi connectivity index (χ2n) is 12.9. The van der Waals surface area contributed by atoms with Crippen LogP contribution in [0.2, 0.25) is 0 Å². The SMILES string of the molecule is Cc1cc2cc(n1)-c1cnn(C)c1OCCCC(C1CC1)Cn1c(nc3cc(NC4CCC(N(C)C)C4)ccc31)NC2=O. The number of aryl methyl sites for hydroxylation is 2. The van der Waals surface area contributed by atoms with E-state index < -0.39 is 0 Å². The molecule has 2 aliphatic carbocycles. The van der Waals surface area contributed by atoms with Crippen LogP contribution < -0.4 is 15.4 Å². The average molecular weight is 583 g/mol. The van der Waals surface area contributed by atoms with Gasteiger partial charge in [-0.2, -0.15) is 5.10 Å². The topological polar surface area (TPSA) is 102 Å². The maximum atomic E-state index is 13.8. The smallest absolute Gasteiger partial charge is 0.258 e. The number of rotatable bonds is 4. The number of hydrogen-bond acceptors (Lipinski definition) is 7. The van der Waals surface area contributed by atoms with Gasteiger partial charge in [0.1, 0.15) is 0 Å². The minimum atomic E-state index is -0.202. The Bertz CT molecular complexity index is 1650. The lowest BCUT2D eigenvalue weighted by Gasteiger charge is -2.20. The van der Waals surface area contributed by atoms with Gasteiger partial charge in [0, 0.05) is 42.6 Å². The van der Waals surface area contributed by atoms with Gasteiger partial charge in [0.25, 0.3) is 5.91 Å². The van der Waals surface area contributed by atoms with Crippen LogP contribution in [0.25, 0.3) is 22.3 Å². The summed E-state index contributed by atoms with van der Waals surface area (Å²) in [6.07, 6.45) is 9.78. The van der Waals surface area contributed by atoms with Gasteiger partial charge >= 0.3 is 0 Å². The van der Waals surface area contributed by atoms with E-state index in [4.69, 9.17) is 14.7 Å². The van der Waals surface area contributed by atoms with Crippen LogP contribution in [0, 0.1) is 18.8 Å². The summed E-state index contributed by atoms with van der Waals surface area (Å²) in [5.74, 6) is 2.25. The first-order chi connectivity index (χ1) is 20.8. The highest BCUT2D eigenvalue weighted by Crippen LogP contribution is 2.41. The van der Waals surface area contributed by atoms with E-state index in [1.807, 2.05) is 26.1 Å². The third-order valence-corrected chi connectivity index (χ3v) is 9.52. The number of amides is 1. The largest absolute Gasteiger partial charge is 0.477 e. The molecule has 3 unspecified atom stereocenters. The average Bonchev–Trinajstić information content (AvgIpc) is 3.46. The summed E-state index contributed by atoms with van der Waals surface area (Å²) >= 11 is 0. The van der Waals surface area contributed by atoms with Gasteiger partial charge < -0.3 is 19.5 Å². The van der Waals surface area contributed by atoms with Crippen molar-refractivity contribution in [3.63, 3.8) is 0 Å². The number of hydrogen-bond donors (Lipinski definition) is 2. The molecule has 10 nitrogen and oxygen atoms in total. The van der Waals surface area contributed by atoms with Crippen LogP contribution in [0.3, 0.4) is 0 Å². The number of anilines is 2. The molecule has 4 heterocycles. The van der Waals surface area contributed by atoms with Crippen LogP contribution in [-0.4, -0.2) is 67.9 Å². The number of imidazole rings is 1. The van der Waals surface area contributed by atoms with Crippen molar-refractivity contribution >= 4 is 28.6 Å². The van der Waals surface area contributed by atoms with Crippen molar-refractivity contribution in [3.05, 3.63) is 47.8 Å². The predicted octanol–water partition coefficient (Wildman–Crippen LogP) is 5.49. The molecule has 0 saturated heterocycles. The van der Waals surface area contributed by atoms with E-state index in [0.29, 0.717) is 53.6 Å². The zero-order valence-corrected chi connectivity index (χ0v) is 25.6. The molecule has 1 aromatic carbocycles. The Hall–Kier alpha value is -3.92. The van der Waals surface area contributed by atoms with Crippen LogP contribution in [0.4, 0.5) is 11.6 Å². The van der Waals surface area contributed by atoms with Crippen LogP contribution in [0.1, 0.15) is 61.0 Å². The van der Waals surface area contributed by atoms with Gasteiger partial charge in [-0.05, 0) is 108 Å². The summed E-state index contributed by atoms with van der Waals surface area (Å²) in [6.45, 7) is 3.32. The van der Waals surface area contributed by atoms with Crippen LogP contribution in [-0.2, 0) is 13.6 Å². The number of pyridine rings is 1. The second-order valence-corrected chi connectivity index (χ2v) is 12.9. The summed E-state index contributed by atoms with van der Waals surface area (Å²) < 4.78 is 10.3.